The molecule has 0 saturated heterocycles. The molecule has 0 heterocycles. The molecule has 2 rings (SSSR count). The summed E-state index contributed by atoms with van der Waals surface area (Å²) in [7, 11) is 0. The number of aryl methyl sites for hydroxylation is 1. The van der Waals surface area contributed by atoms with Crippen LogP contribution in [0.15, 0.2) is 24.3 Å². The zero-order chi connectivity index (χ0) is 15.1. The van der Waals surface area contributed by atoms with E-state index in [0.29, 0.717) is 12.1 Å². The number of likely N-dealkylation sites (N-methyl/N-ethyl adjacent to an activating group) is 1. The van der Waals surface area contributed by atoms with Gasteiger partial charge in [-0.05, 0) is 55.7 Å². The molecule has 21 heavy (non-hydrogen) atoms. The summed E-state index contributed by atoms with van der Waals surface area (Å²) in [4.78, 5) is 0. The van der Waals surface area contributed by atoms with Crippen molar-refractivity contribution in [3.8, 4) is 0 Å². The zero-order valence-electron chi connectivity index (χ0n) is 13.9. The van der Waals surface area contributed by atoms with Crippen LogP contribution in [0.2, 0.25) is 0 Å². The van der Waals surface area contributed by atoms with Gasteiger partial charge in [-0.15, -0.1) is 0 Å². The van der Waals surface area contributed by atoms with E-state index in [4.69, 9.17) is 4.74 Å². The van der Waals surface area contributed by atoms with Gasteiger partial charge in [0.05, 0.1) is 12.1 Å². The lowest BCUT2D eigenvalue weighted by Gasteiger charge is -2.28. The van der Waals surface area contributed by atoms with Crippen LogP contribution in [-0.2, 0) is 11.2 Å². The summed E-state index contributed by atoms with van der Waals surface area (Å²) in [5, 5.41) is 3.66. The monoisotopic (exact) mass is 289 g/mol. The largest absolute Gasteiger partial charge is 0.376 e. The molecule has 1 aromatic rings. The Hall–Kier alpha value is -0.860. The van der Waals surface area contributed by atoms with Crippen LogP contribution < -0.4 is 5.32 Å². The van der Waals surface area contributed by atoms with E-state index in [1.165, 1.54) is 36.8 Å². The van der Waals surface area contributed by atoms with Gasteiger partial charge in [0, 0.05) is 6.61 Å². The smallest absolute Gasteiger partial charge is 0.0769 e. The Labute approximate surface area is 130 Å². The minimum absolute atomic E-state index is 0.320. The molecule has 1 N–H and O–H groups in total. The summed E-state index contributed by atoms with van der Waals surface area (Å²) in [6, 6.07) is 9.22. The third-order valence-electron chi connectivity index (χ3n) is 4.38. The molecule has 2 atom stereocenters. The highest BCUT2D eigenvalue weighted by Gasteiger charge is 2.27. The summed E-state index contributed by atoms with van der Waals surface area (Å²) in [5.74, 6) is 0.771. The van der Waals surface area contributed by atoms with Gasteiger partial charge >= 0.3 is 0 Å². The minimum Gasteiger partial charge on any atom is -0.376 e. The maximum absolute atomic E-state index is 6.27. The van der Waals surface area contributed by atoms with E-state index in [-0.39, 0.29) is 0 Å². The van der Waals surface area contributed by atoms with Crippen LogP contribution >= 0.6 is 0 Å². The zero-order valence-corrected chi connectivity index (χ0v) is 13.9. The van der Waals surface area contributed by atoms with E-state index in [1.807, 2.05) is 0 Å². The molecule has 0 radical (unpaired) electrons. The number of rotatable bonds is 7. The second-order valence-corrected chi connectivity index (χ2v) is 6.57. The average molecular weight is 289 g/mol. The van der Waals surface area contributed by atoms with Crippen molar-refractivity contribution in [2.24, 2.45) is 5.92 Å². The molecule has 118 valence electrons. The van der Waals surface area contributed by atoms with Crippen molar-refractivity contribution in [1.82, 2.24) is 5.32 Å². The van der Waals surface area contributed by atoms with E-state index in [0.717, 1.165) is 25.5 Å². The molecule has 2 nitrogen and oxygen atoms in total. The first-order chi connectivity index (χ1) is 10.2. The molecule has 0 amide bonds. The molecule has 1 aliphatic carbocycles. The fraction of sp³-hybridized carbons (Fsp3) is 0.684. The van der Waals surface area contributed by atoms with Gasteiger partial charge in [-0.1, -0.05) is 45.0 Å². The Morgan fingerprint density at radius 3 is 2.86 bits per heavy atom. The van der Waals surface area contributed by atoms with Crippen LogP contribution in [0.3, 0.4) is 0 Å². The van der Waals surface area contributed by atoms with Crippen molar-refractivity contribution in [1.29, 1.82) is 0 Å². The molecule has 2 heteroatoms. The van der Waals surface area contributed by atoms with Crippen LogP contribution in [0.4, 0.5) is 0 Å². The average Bonchev–Trinajstić information content (AvgIpc) is 2.64. The molecule has 0 saturated carbocycles. The summed E-state index contributed by atoms with van der Waals surface area (Å²) in [6.45, 7) is 8.63. The second kappa shape index (κ2) is 8.55. The van der Waals surface area contributed by atoms with Crippen molar-refractivity contribution in [2.45, 2.75) is 65.0 Å². The summed E-state index contributed by atoms with van der Waals surface area (Å²) in [6.07, 6.45) is 6.33. The van der Waals surface area contributed by atoms with E-state index in [9.17, 15) is 0 Å². The quantitative estimate of drug-likeness (QED) is 0.589. The predicted octanol–water partition coefficient (Wildman–Crippen LogP) is 4.49. The fourth-order valence-electron chi connectivity index (χ4n) is 3.29. The topological polar surface area (TPSA) is 21.3 Å². The molecule has 2 unspecified atom stereocenters. The van der Waals surface area contributed by atoms with Gasteiger partial charge in [-0.3, -0.25) is 0 Å². The molecule has 0 fully saturated rings. The van der Waals surface area contributed by atoms with Crippen molar-refractivity contribution in [2.75, 3.05) is 13.2 Å². The molecule has 0 bridgehead atoms. The highest BCUT2D eigenvalue weighted by atomic mass is 16.5. The third-order valence-corrected chi connectivity index (χ3v) is 4.38. The number of hydrogen-bond acceptors (Lipinski definition) is 2. The lowest BCUT2D eigenvalue weighted by Crippen LogP contribution is -2.33. The van der Waals surface area contributed by atoms with Gasteiger partial charge in [0.2, 0.25) is 0 Å². The third kappa shape index (κ3) is 4.82. The highest BCUT2D eigenvalue weighted by molar-refractivity contribution is 5.32. The molecular weight excluding hydrogens is 258 g/mol. The number of benzene rings is 1. The molecular formula is C19H31NO. The number of ether oxygens (including phenoxy) is 1. The maximum atomic E-state index is 6.27. The molecule has 0 aromatic heterocycles. The standard InChI is InChI=1S/C19H31NO/c1-4-20-19-17-12-6-5-10-16(17)11-7-13-18(19)21-14-8-9-15(2)3/h5-6,10,12,15,18-20H,4,7-9,11,13-14H2,1-3H3. The predicted molar refractivity (Wildman–Crippen MR) is 89.6 cm³/mol. The minimum atomic E-state index is 0.320. The van der Waals surface area contributed by atoms with Crippen LogP contribution in [0.25, 0.3) is 0 Å². The first kappa shape index (κ1) is 16.5. The Morgan fingerprint density at radius 1 is 1.29 bits per heavy atom. The van der Waals surface area contributed by atoms with Crippen molar-refractivity contribution < 1.29 is 4.74 Å². The molecule has 1 aliphatic rings. The van der Waals surface area contributed by atoms with Crippen LogP contribution in [0.1, 0.15) is 63.6 Å². The van der Waals surface area contributed by atoms with Gasteiger partial charge < -0.3 is 10.1 Å². The Kier molecular flexibility index (Phi) is 6.72. The van der Waals surface area contributed by atoms with Gasteiger partial charge in [0.25, 0.3) is 0 Å². The summed E-state index contributed by atoms with van der Waals surface area (Å²) >= 11 is 0. The van der Waals surface area contributed by atoms with Gasteiger partial charge in [-0.2, -0.15) is 0 Å². The Bertz CT molecular complexity index is 416. The molecule has 0 aliphatic heterocycles. The summed E-state index contributed by atoms with van der Waals surface area (Å²) < 4.78 is 6.27. The first-order valence-corrected chi connectivity index (χ1v) is 8.65. The lowest BCUT2D eigenvalue weighted by atomic mass is 9.97. The molecule has 0 spiro atoms. The summed E-state index contributed by atoms with van der Waals surface area (Å²) in [5.41, 5.74) is 2.95. The normalized spacial score (nSPS) is 22.1. The van der Waals surface area contributed by atoms with E-state index in [1.54, 1.807) is 0 Å². The van der Waals surface area contributed by atoms with Crippen LogP contribution in [0, 0.1) is 5.92 Å². The van der Waals surface area contributed by atoms with Gasteiger partial charge in [0.1, 0.15) is 0 Å². The SMILES string of the molecule is CCNC1c2ccccc2CCCC1OCCCC(C)C. The van der Waals surface area contributed by atoms with E-state index < -0.39 is 0 Å². The van der Waals surface area contributed by atoms with Crippen LogP contribution in [-0.4, -0.2) is 19.3 Å². The Balaban J connectivity index is 2.02. The molecule has 1 aromatic carbocycles. The van der Waals surface area contributed by atoms with Crippen molar-refractivity contribution in [3.63, 3.8) is 0 Å². The van der Waals surface area contributed by atoms with E-state index in [2.05, 4.69) is 50.4 Å². The maximum Gasteiger partial charge on any atom is 0.0769 e. The van der Waals surface area contributed by atoms with Gasteiger partial charge in [-0.25, -0.2) is 0 Å². The van der Waals surface area contributed by atoms with E-state index >= 15 is 0 Å². The Morgan fingerprint density at radius 2 is 2.10 bits per heavy atom. The highest BCUT2D eigenvalue weighted by Crippen LogP contribution is 2.31. The number of fused-ring (bicyclic) bond motifs is 1. The second-order valence-electron chi connectivity index (χ2n) is 6.57. The number of nitrogens with one attached hydrogen (secondary N) is 1. The van der Waals surface area contributed by atoms with Gasteiger partial charge in [0.15, 0.2) is 0 Å². The van der Waals surface area contributed by atoms with Crippen LogP contribution in [0.5, 0.6) is 0 Å². The fourth-order valence-corrected chi connectivity index (χ4v) is 3.29. The van der Waals surface area contributed by atoms with Crippen molar-refractivity contribution in [3.05, 3.63) is 35.4 Å². The first-order valence-electron chi connectivity index (χ1n) is 8.65. The number of hydrogen-bond donors (Lipinski definition) is 1. The van der Waals surface area contributed by atoms with Crippen molar-refractivity contribution >= 4 is 0 Å². The lowest BCUT2D eigenvalue weighted by molar-refractivity contribution is 0.0183.